The van der Waals surface area contributed by atoms with Crippen molar-refractivity contribution in [3.8, 4) is 0 Å². The summed E-state index contributed by atoms with van der Waals surface area (Å²) in [6.45, 7) is 8.00. The van der Waals surface area contributed by atoms with Gasteiger partial charge in [-0.25, -0.2) is 0 Å². The summed E-state index contributed by atoms with van der Waals surface area (Å²) in [6.07, 6.45) is 2.48. The molecule has 1 heterocycles. The quantitative estimate of drug-likeness (QED) is 0.754. The molecule has 3 atom stereocenters. The fourth-order valence-corrected chi connectivity index (χ4v) is 2.11. The number of carboxylic acid groups (broad SMARTS) is 1. The van der Waals surface area contributed by atoms with Crippen LogP contribution in [0.15, 0.2) is 0 Å². The molecule has 14 heavy (non-hydrogen) atoms. The van der Waals surface area contributed by atoms with Crippen LogP contribution in [0.2, 0.25) is 0 Å². The average molecular weight is 199 g/mol. The second kappa shape index (κ2) is 4.78. The van der Waals surface area contributed by atoms with E-state index in [-0.39, 0.29) is 5.92 Å². The Morgan fingerprint density at radius 1 is 1.57 bits per heavy atom. The Balaban J connectivity index is 2.46. The second-order valence-corrected chi connectivity index (χ2v) is 4.59. The van der Waals surface area contributed by atoms with Gasteiger partial charge in [0.05, 0.1) is 5.92 Å². The molecular formula is C11H21NO2. The normalized spacial score (nSPS) is 31.4. The molecule has 3 nitrogen and oxygen atoms in total. The number of hydrogen-bond donors (Lipinski definition) is 1. The molecule has 82 valence electrons. The summed E-state index contributed by atoms with van der Waals surface area (Å²) in [6, 6.07) is 0.533. The Hall–Kier alpha value is -0.570. The number of hydrogen-bond acceptors (Lipinski definition) is 2. The van der Waals surface area contributed by atoms with Gasteiger partial charge < -0.3 is 5.11 Å². The van der Waals surface area contributed by atoms with Gasteiger partial charge in [-0.15, -0.1) is 0 Å². The van der Waals surface area contributed by atoms with Crippen LogP contribution in [0.5, 0.6) is 0 Å². The smallest absolute Gasteiger partial charge is 0.307 e. The van der Waals surface area contributed by atoms with E-state index in [1.165, 1.54) is 12.8 Å². The van der Waals surface area contributed by atoms with E-state index in [4.69, 9.17) is 5.11 Å². The molecule has 0 aromatic rings. The first kappa shape index (κ1) is 11.5. The first-order chi connectivity index (χ1) is 6.52. The third-order valence-electron chi connectivity index (χ3n) is 3.43. The summed E-state index contributed by atoms with van der Waals surface area (Å²) in [7, 11) is 0. The lowest BCUT2D eigenvalue weighted by Gasteiger charge is -2.38. The fraction of sp³-hybridized carbons (Fsp3) is 0.909. The van der Waals surface area contributed by atoms with Gasteiger partial charge in [-0.3, -0.25) is 9.69 Å². The highest BCUT2D eigenvalue weighted by Crippen LogP contribution is 2.23. The van der Waals surface area contributed by atoms with Gasteiger partial charge in [0, 0.05) is 12.6 Å². The molecule has 1 saturated heterocycles. The van der Waals surface area contributed by atoms with Crippen molar-refractivity contribution in [3.63, 3.8) is 0 Å². The van der Waals surface area contributed by atoms with Crippen LogP contribution in [-0.4, -0.2) is 35.1 Å². The Bertz CT molecular complexity index is 205. The number of carbonyl (C=O) groups is 1. The summed E-state index contributed by atoms with van der Waals surface area (Å²) in [5, 5.41) is 8.84. The first-order valence-electron chi connectivity index (χ1n) is 5.49. The van der Waals surface area contributed by atoms with E-state index in [2.05, 4.69) is 18.7 Å². The number of aliphatic carboxylic acids is 1. The van der Waals surface area contributed by atoms with Gasteiger partial charge in [0.2, 0.25) is 0 Å². The molecule has 0 aliphatic carbocycles. The summed E-state index contributed by atoms with van der Waals surface area (Å²) in [5.74, 6) is -0.233. The number of carboxylic acids is 1. The largest absolute Gasteiger partial charge is 0.481 e. The molecule has 1 aliphatic rings. The third kappa shape index (κ3) is 2.71. The van der Waals surface area contributed by atoms with E-state index < -0.39 is 5.97 Å². The molecule has 0 saturated carbocycles. The topological polar surface area (TPSA) is 40.5 Å². The van der Waals surface area contributed by atoms with Crippen molar-refractivity contribution >= 4 is 5.97 Å². The molecule has 1 rings (SSSR count). The van der Waals surface area contributed by atoms with Crippen molar-refractivity contribution in [2.24, 2.45) is 11.8 Å². The maximum Gasteiger partial charge on any atom is 0.307 e. The standard InChI is InChI=1S/C11H21NO2/c1-8-5-4-6-12(10(8)3)7-9(2)11(13)14/h8-10H,4-7H2,1-3H3,(H,13,14). The Morgan fingerprint density at radius 2 is 2.21 bits per heavy atom. The van der Waals surface area contributed by atoms with E-state index in [0.29, 0.717) is 18.5 Å². The molecule has 0 amide bonds. The van der Waals surface area contributed by atoms with Gasteiger partial charge in [-0.2, -0.15) is 0 Å². The van der Waals surface area contributed by atoms with Crippen LogP contribution < -0.4 is 0 Å². The van der Waals surface area contributed by atoms with E-state index in [1.54, 1.807) is 6.92 Å². The number of rotatable bonds is 3. The van der Waals surface area contributed by atoms with Gasteiger partial charge in [0.15, 0.2) is 0 Å². The molecule has 1 aliphatic heterocycles. The van der Waals surface area contributed by atoms with Crippen LogP contribution >= 0.6 is 0 Å². The molecule has 0 aromatic carbocycles. The minimum atomic E-state index is -0.685. The van der Waals surface area contributed by atoms with Gasteiger partial charge in [-0.05, 0) is 32.2 Å². The van der Waals surface area contributed by atoms with Gasteiger partial charge in [0.25, 0.3) is 0 Å². The Labute approximate surface area is 86.1 Å². The van der Waals surface area contributed by atoms with E-state index in [9.17, 15) is 4.79 Å². The lowest BCUT2D eigenvalue weighted by atomic mass is 9.91. The lowest BCUT2D eigenvalue weighted by Crippen LogP contribution is -2.45. The minimum absolute atomic E-state index is 0.247. The number of nitrogens with zero attached hydrogens (tertiary/aromatic N) is 1. The summed E-state index contributed by atoms with van der Waals surface area (Å²) < 4.78 is 0. The van der Waals surface area contributed by atoms with Crippen LogP contribution in [-0.2, 0) is 4.79 Å². The third-order valence-corrected chi connectivity index (χ3v) is 3.43. The number of piperidine rings is 1. The lowest BCUT2D eigenvalue weighted by molar-refractivity contribution is -0.142. The molecule has 0 bridgehead atoms. The minimum Gasteiger partial charge on any atom is -0.481 e. The van der Waals surface area contributed by atoms with Crippen molar-refractivity contribution in [1.82, 2.24) is 4.90 Å². The predicted octanol–water partition coefficient (Wildman–Crippen LogP) is 1.83. The van der Waals surface area contributed by atoms with E-state index in [1.807, 2.05) is 0 Å². The van der Waals surface area contributed by atoms with Gasteiger partial charge in [-0.1, -0.05) is 13.8 Å². The maximum atomic E-state index is 10.7. The highest BCUT2D eigenvalue weighted by atomic mass is 16.4. The summed E-state index contributed by atoms with van der Waals surface area (Å²) in [5.41, 5.74) is 0. The van der Waals surface area contributed by atoms with Crippen molar-refractivity contribution in [3.05, 3.63) is 0 Å². The van der Waals surface area contributed by atoms with Gasteiger partial charge in [0.1, 0.15) is 0 Å². The van der Waals surface area contributed by atoms with Crippen LogP contribution in [0.4, 0.5) is 0 Å². The van der Waals surface area contributed by atoms with Crippen LogP contribution in [0.25, 0.3) is 0 Å². The molecule has 0 aromatic heterocycles. The highest BCUT2D eigenvalue weighted by molar-refractivity contribution is 5.69. The summed E-state index contributed by atoms with van der Waals surface area (Å²) >= 11 is 0. The first-order valence-corrected chi connectivity index (χ1v) is 5.49. The highest BCUT2D eigenvalue weighted by Gasteiger charge is 2.26. The predicted molar refractivity (Wildman–Crippen MR) is 56.2 cm³/mol. The zero-order valence-electron chi connectivity index (χ0n) is 9.36. The zero-order valence-corrected chi connectivity index (χ0v) is 9.36. The molecule has 1 N–H and O–H groups in total. The van der Waals surface area contributed by atoms with Crippen LogP contribution in [0.3, 0.4) is 0 Å². The van der Waals surface area contributed by atoms with Crippen molar-refractivity contribution in [2.45, 2.75) is 39.7 Å². The SMILES string of the molecule is CC(CN1CCCC(C)C1C)C(=O)O. The molecular weight excluding hydrogens is 178 g/mol. The molecule has 1 fully saturated rings. The Morgan fingerprint density at radius 3 is 2.79 bits per heavy atom. The maximum absolute atomic E-state index is 10.7. The summed E-state index contributed by atoms with van der Waals surface area (Å²) in [4.78, 5) is 13.0. The van der Waals surface area contributed by atoms with Crippen LogP contribution in [0.1, 0.15) is 33.6 Å². The average Bonchev–Trinajstić information content (AvgIpc) is 2.12. The number of likely N-dealkylation sites (tertiary alicyclic amines) is 1. The molecule has 0 spiro atoms. The molecule has 3 heteroatoms. The monoisotopic (exact) mass is 199 g/mol. The van der Waals surface area contributed by atoms with Crippen molar-refractivity contribution in [2.75, 3.05) is 13.1 Å². The van der Waals surface area contributed by atoms with E-state index in [0.717, 1.165) is 6.54 Å². The van der Waals surface area contributed by atoms with Gasteiger partial charge >= 0.3 is 5.97 Å². The molecule has 3 unspecified atom stereocenters. The zero-order chi connectivity index (χ0) is 10.7. The Kier molecular flexibility index (Phi) is 3.93. The van der Waals surface area contributed by atoms with Crippen LogP contribution in [0, 0.1) is 11.8 Å². The second-order valence-electron chi connectivity index (χ2n) is 4.59. The fourth-order valence-electron chi connectivity index (χ4n) is 2.11. The van der Waals surface area contributed by atoms with Crippen molar-refractivity contribution in [1.29, 1.82) is 0 Å². The molecule has 0 radical (unpaired) electrons. The van der Waals surface area contributed by atoms with E-state index >= 15 is 0 Å². The van der Waals surface area contributed by atoms with Crippen molar-refractivity contribution < 1.29 is 9.90 Å².